The van der Waals surface area contributed by atoms with E-state index in [4.69, 9.17) is 4.74 Å². The zero-order valence-corrected chi connectivity index (χ0v) is 18.1. The fourth-order valence-corrected chi connectivity index (χ4v) is 3.91. The highest BCUT2D eigenvalue weighted by Crippen LogP contribution is 2.44. The van der Waals surface area contributed by atoms with E-state index >= 15 is 8.78 Å². The lowest BCUT2D eigenvalue weighted by Crippen LogP contribution is -2.35. The Hall–Kier alpha value is -1.53. The SMILES string of the molecule is CCCC(C)(C)OC(=O)CC1CCCCc2c(nnn2C(C)(C)CC)C1(F)F. The van der Waals surface area contributed by atoms with Crippen molar-refractivity contribution in [1.82, 2.24) is 15.0 Å². The molecule has 0 saturated carbocycles. The molecule has 1 aliphatic carbocycles. The van der Waals surface area contributed by atoms with E-state index in [9.17, 15) is 4.79 Å². The lowest BCUT2D eigenvalue weighted by molar-refractivity contribution is -0.164. The first-order chi connectivity index (χ1) is 12.9. The summed E-state index contributed by atoms with van der Waals surface area (Å²) in [5, 5.41) is 7.98. The van der Waals surface area contributed by atoms with Crippen molar-refractivity contribution in [3.05, 3.63) is 11.4 Å². The zero-order chi connectivity index (χ0) is 21.2. The summed E-state index contributed by atoms with van der Waals surface area (Å²) in [7, 11) is 0. The van der Waals surface area contributed by atoms with E-state index in [1.54, 1.807) is 4.68 Å². The van der Waals surface area contributed by atoms with E-state index in [0.717, 1.165) is 19.3 Å². The van der Waals surface area contributed by atoms with Gasteiger partial charge in [0.2, 0.25) is 0 Å². The molecule has 1 unspecified atom stereocenters. The Kier molecular flexibility index (Phi) is 6.87. The first-order valence-corrected chi connectivity index (χ1v) is 10.5. The summed E-state index contributed by atoms with van der Waals surface area (Å²) >= 11 is 0. The zero-order valence-electron chi connectivity index (χ0n) is 18.1. The van der Waals surface area contributed by atoms with Gasteiger partial charge in [-0.05, 0) is 59.8 Å². The largest absolute Gasteiger partial charge is 0.460 e. The Labute approximate surface area is 167 Å². The summed E-state index contributed by atoms with van der Waals surface area (Å²) in [5.74, 6) is -4.89. The fourth-order valence-electron chi connectivity index (χ4n) is 3.91. The van der Waals surface area contributed by atoms with Crippen molar-refractivity contribution >= 4 is 5.97 Å². The van der Waals surface area contributed by atoms with E-state index in [2.05, 4.69) is 10.3 Å². The van der Waals surface area contributed by atoms with Gasteiger partial charge in [-0.3, -0.25) is 4.79 Å². The summed E-state index contributed by atoms with van der Waals surface area (Å²) in [5.41, 5.74) is -0.781. The van der Waals surface area contributed by atoms with Crippen LogP contribution >= 0.6 is 0 Å². The molecule has 1 heterocycles. The molecule has 160 valence electrons. The Morgan fingerprint density at radius 1 is 1.25 bits per heavy atom. The van der Waals surface area contributed by atoms with Gasteiger partial charge in [0, 0.05) is 5.92 Å². The minimum Gasteiger partial charge on any atom is -0.460 e. The van der Waals surface area contributed by atoms with Crippen molar-refractivity contribution in [3.63, 3.8) is 0 Å². The summed E-state index contributed by atoms with van der Waals surface area (Å²) in [6, 6.07) is 0. The quantitative estimate of drug-likeness (QED) is 0.579. The third-order valence-corrected chi connectivity index (χ3v) is 5.90. The van der Waals surface area contributed by atoms with Crippen LogP contribution < -0.4 is 0 Å². The number of fused-ring (bicyclic) bond motifs is 1. The molecule has 0 fully saturated rings. The first kappa shape index (κ1) is 22.8. The molecule has 7 heteroatoms. The van der Waals surface area contributed by atoms with E-state index in [-0.39, 0.29) is 24.1 Å². The summed E-state index contributed by atoms with van der Waals surface area (Å²) < 4.78 is 38.0. The van der Waals surface area contributed by atoms with Crippen LogP contribution in [0.15, 0.2) is 0 Å². The van der Waals surface area contributed by atoms with E-state index in [1.165, 1.54) is 0 Å². The van der Waals surface area contributed by atoms with Crippen LogP contribution in [0.3, 0.4) is 0 Å². The highest BCUT2D eigenvalue weighted by atomic mass is 19.3. The van der Waals surface area contributed by atoms with Gasteiger partial charge < -0.3 is 4.74 Å². The van der Waals surface area contributed by atoms with Gasteiger partial charge in [0.1, 0.15) is 5.60 Å². The molecule has 1 aromatic heterocycles. The Morgan fingerprint density at radius 2 is 1.93 bits per heavy atom. The van der Waals surface area contributed by atoms with Gasteiger partial charge in [-0.2, -0.15) is 8.78 Å². The van der Waals surface area contributed by atoms with Gasteiger partial charge >= 0.3 is 5.97 Å². The van der Waals surface area contributed by atoms with Crippen LogP contribution in [0.4, 0.5) is 8.78 Å². The van der Waals surface area contributed by atoms with Crippen LogP contribution in [-0.4, -0.2) is 26.6 Å². The molecule has 0 bridgehead atoms. The van der Waals surface area contributed by atoms with Crippen LogP contribution in [-0.2, 0) is 27.4 Å². The molecule has 28 heavy (non-hydrogen) atoms. The molecule has 0 aromatic carbocycles. The Morgan fingerprint density at radius 3 is 2.54 bits per heavy atom. The second-order valence-electron chi connectivity index (χ2n) is 9.22. The third-order valence-electron chi connectivity index (χ3n) is 5.90. The van der Waals surface area contributed by atoms with Crippen molar-refractivity contribution in [2.45, 2.75) is 110 Å². The summed E-state index contributed by atoms with van der Waals surface area (Å²) in [4.78, 5) is 12.4. The Balaban J connectivity index is 2.28. The monoisotopic (exact) mass is 399 g/mol. The highest BCUT2D eigenvalue weighted by molar-refractivity contribution is 5.70. The standard InChI is InChI=1S/C21H35F2N3O2/c1-7-13-20(5,6)28-17(27)14-15-11-9-10-12-16-18(21(15,22)23)24-25-26(16)19(3,4)8-2/h15H,7-14H2,1-6H3. The van der Waals surface area contributed by atoms with Gasteiger partial charge in [-0.1, -0.05) is 31.9 Å². The molecular weight excluding hydrogens is 364 g/mol. The van der Waals surface area contributed by atoms with Crippen LogP contribution in [0.5, 0.6) is 0 Å². The maximum atomic E-state index is 15.4. The predicted octanol–water partition coefficient (Wildman–Crippen LogP) is 5.37. The molecule has 1 aromatic rings. The number of hydrogen-bond donors (Lipinski definition) is 0. The number of carbonyl (C=O) groups is 1. The van der Waals surface area contributed by atoms with E-state index in [0.29, 0.717) is 25.0 Å². The van der Waals surface area contributed by atoms with Crippen LogP contribution in [0, 0.1) is 5.92 Å². The maximum absolute atomic E-state index is 15.4. The van der Waals surface area contributed by atoms with Crippen molar-refractivity contribution in [3.8, 4) is 0 Å². The lowest BCUT2D eigenvalue weighted by Gasteiger charge is -2.31. The minimum atomic E-state index is -3.20. The number of ether oxygens (including phenoxy) is 1. The number of alkyl halides is 2. The number of nitrogens with zero attached hydrogens (tertiary/aromatic N) is 3. The molecule has 0 saturated heterocycles. The first-order valence-electron chi connectivity index (χ1n) is 10.5. The second kappa shape index (κ2) is 8.46. The lowest BCUT2D eigenvalue weighted by atomic mass is 9.85. The molecule has 0 N–H and O–H groups in total. The third kappa shape index (κ3) is 4.90. The number of carbonyl (C=O) groups excluding carboxylic acids is 1. The van der Waals surface area contributed by atoms with Crippen molar-refractivity contribution < 1.29 is 18.3 Å². The highest BCUT2D eigenvalue weighted by Gasteiger charge is 2.48. The molecule has 1 aliphatic rings. The summed E-state index contributed by atoms with van der Waals surface area (Å²) in [6.45, 7) is 11.6. The van der Waals surface area contributed by atoms with Gasteiger partial charge in [0.15, 0.2) is 5.69 Å². The van der Waals surface area contributed by atoms with Gasteiger partial charge in [-0.15, -0.1) is 5.10 Å². The van der Waals surface area contributed by atoms with Gasteiger partial charge in [0.05, 0.1) is 17.7 Å². The van der Waals surface area contributed by atoms with Gasteiger partial charge in [-0.25, -0.2) is 4.68 Å². The fraction of sp³-hybridized carbons (Fsp3) is 0.857. The molecule has 2 rings (SSSR count). The van der Waals surface area contributed by atoms with Crippen molar-refractivity contribution in [2.24, 2.45) is 5.92 Å². The van der Waals surface area contributed by atoms with Crippen molar-refractivity contribution in [1.29, 1.82) is 0 Å². The number of hydrogen-bond acceptors (Lipinski definition) is 4. The minimum absolute atomic E-state index is 0.264. The summed E-state index contributed by atoms with van der Waals surface area (Å²) in [6.07, 6.45) is 4.25. The number of rotatable bonds is 7. The number of halogens is 2. The Bertz CT molecular complexity index is 683. The maximum Gasteiger partial charge on any atom is 0.306 e. The van der Waals surface area contributed by atoms with Crippen LogP contribution in [0.1, 0.15) is 97.9 Å². The molecule has 5 nitrogen and oxygen atoms in total. The van der Waals surface area contributed by atoms with Crippen molar-refractivity contribution in [2.75, 3.05) is 0 Å². The molecule has 0 amide bonds. The molecule has 1 atom stereocenters. The molecule has 0 radical (unpaired) electrons. The predicted molar refractivity (Wildman–Crippen MR) is 104 cm³/mol. The smallest absolute Gasteiger partial charge is 0.306 e. The molecule has 0 spiro atoms. The average molecular weight is 400 g/mol. The van der Waals surface area contributed by atoms with Crippen LogP contribution in [0.2, 0.25) is 0 Å². The topological polar surface area (TPSA) is 57.0 Å². The number of aromatic nitrogens is 3. The van der Waals surface area contributed by atoms with E-state index in [1.807, 2.05) is 41.5 Å². The van der Waals surface area contributed by atoms with Crippen LogP contribution in [0.25, 0.3) is 0 Å². The second-order valence-corrected chi connectivity index (χ2v) is 9.22. The average Bonchev–Trinajstić information content (AvgIpc) is 3.01. The van der Waals surface area contributed by atoms with E-state index < -0.39 is 23.4 Å². The molecule has 0 aliphatic heterocycles. The molecular formula is C21H35F2N3O2. The van der Waals surface area contributed by atoms with Gasteiger partial charge in [0.25, 0.3) is 5.92 Å². The number of esters is 1. The normalized spacial score (nSPS) is 20.2.